The molecule has 0 aliphatic carbocycles. The molecule has 0 saturated heterocycles. The van der Waals surface area contributed by atoms with Gasteiger partial charge < -0.3 is 14.0 Å². The summed E-state index contributed by atoms with van der Waals surface area (Å²) in [5.41, 5.74) is 0.731. The fraction of sp³-hybridized carbons (Fsp3) is 0.250. The van der Waals surface area contributed by atoms with E-state index >= 15 is 0 Å². The Morgan fingerprint density at radius 3 is 2.61 bits per heavy atom. The molecule has 2 atom stereocenters. The molecule has 0 aliphatic rings. The van der Waals surface area contributed by atoms with Crippen molar-refractivity contribution in [2.24, 2.45) is 0 Å². The van der Waals surface area contributed by atoms with Crippen molar-refractivity contribution in [3.63, 3.8) is 0 Å². The number of carbonyl (C=O) groups is 2. The van der Waals surface area contributed by atoms with Crippen molar-refractivity contribution in [1.82, 2.24) is 5.09 Å². The number of rotatable bonds is 11. The van der Waals surface area contributed by atoms with Gasteiger partial charge in [0.05, 0.1) is 12.8 Å². The Bertz CT molecular complexity index is 1180. The fourth-order valence-corrected chi connectivity index (χ4v) is 6.09. The van der Waals surface area contributed by atoms with Gasteiger partial charge in [0.25, 0.3) is 0 Å². The Labute approximate surface area is 196 Å². The second kappa shape index (κ2) is 11.3. The van der Waals surface area contributed by atoms with Crippen LogP contribution >= 0.6 is 18.9 Å². The fourth-order valence-electron chi connectivity index (χ4n) is 3.11. The predicted octanol–water partition coefficient (Wildman–Crippen LogP) is 5.56. The average Bonchev–Trinajstić information content (AvgIpc) is 3.21. The van der Waals surface area contributed by atoms with E-state index in [4.69, 9.17) is 14.0 Å². The Balaban J connectivity index is 1.86. The first-order valence-electron chi connectivity index (χ1n) is 10.4. The lowest BCUT2D eigenvalue weighted by Crippen LogP contribution is -2.34. The first kappa shape index (κ1) is 24.7. The molecule has 3 rings (SSSR count). The molecule has 0 spiro atoms. The van der Waals surface area contributed by atoms with Crippen LogP contribution in [0.5, 0.6) is 5.75 Å². The maximum absolute atomic E-state index is 13.8. The van der Waals surface area contributed by atoms with E-state index in [1.165, 1.54) is 17.4 Å². The van der Waals surface area contributed by atoms with Crippen molar-refractivity contribution in [2.75, 3.05) is 13.2 Å². The summed E-state index contributed by atoms with van der Waals surface area (Å²) < 4.78 is 30.7. The molecule has 2 aromatic carbocycles. The largest absolute Gasteiger partial charge is 0.465 e. The minimum atomic E-state index is -3.55. The summed E-state index contributed by atoms with van der Waals surface area (Å²) in [6, 6.07) is 15.2. The number of nitrogens with one attached hydrogen (secondary N) is 1. The van der Waals surface area contributed by atoms with E-state index in [0.29, 0.717) is 10.6 Å². The summed E-state index contributed by atoms with van der Waals surface area (Å²) in [6.07, 6.45) is 1.55. The topological polar surface area (TPSA) is 90.9 Å². The summed E-state index contributed by atoms with van der Waals surface area (Å²) in [6.45, 7) is 7.20. The van der Waals surface area contributed by atoms with Crippen LogP contribution in [0, 0.1) is 0 Å². The number of fused-ring (bicyclic) bond motifs is 1. The molecule has 7 nitrogen and oxygen atoms in total. The molecule has 174 valence electrons. The van der Waals surface area contributed by atoms with Crippen LogP contribution in [-0.2, 0) is 25.0 Å². The maximum atomic E-state index is 13.8. The second-order valence-electron chi connectivity index (χ2n) is 7.21. The zero-order valence-electron chi connectivity index (χ0n) is 18.5. The molecule has 9 heteroatoms. The standard InChI is InChI=1S/C24H26NO6PS/c1-4-13-30-24(27)22-15-19-14-18(11-12-21(19)33-22)16-32(28,25-17(3)23(26)29-5-2)31-20-9-7-6-8-10-20/h4,6-12,14-15,17H,1,5,13,16H2,2-3H3,(H,25,28). The summed E-state index contributed by atoms with van der Waals surface area (Å²) >= 11 is 1.32. The SMILES string of the molecule is C=CCOC(=O)c1cc2cc(CP(=O)(NC(C)C(=O)OCC)Oc3ccccc3)ccc2s1. The third-order valence-corrected chi connectivity index (χ3v) is 7.70. The van der Waals surface area contributed by atoms with Gasteiger partial charge in [0.2, 0.25) is 0 Å². The third kappa shape index (κ3) is 6.78. The zero-order valence-corrected chi connectivity index (χ0v) is 20.2. The number of carbonyl (C=O) groups excluding carboxylic acids is 2. The van der Waals surface area contributed by atoms with Gasteiger partial charge in [-0.2, -0.15) is 0 Å². The van der Waals surface area contributed by atoms with Crippen LogP contribution in [0.2, 0.25) is 0 Å². The van der Waals surface area contributed by atoms with Crippen molar-refractivity contribution in [3.05, 3.63) is 77.7 Å². The highest BCUT2D eigenvalue weighted by Crippen LogP contribution is 2.47. The van der Waals surface area contributed by atoms with Crippen LogP contribution in [0.3, 0.4) is 0 Å². The lowest BCUT2D eigenvalue weighted by Gasteiger charge is -2.23. The molecule has 0 amide bonds. The lowest BCUT2D eigenvalue weighted by atomic mass is 10.2. The molecule has 0 fully saturated rings. The molecule has 3 aromatic rings. The monoisotopic (exact) mass is 487 g/mol. The first-order valence-corrected chi connectivity index (χ1v) is 13.0. The molecule has 33 heavy (non-hydrogen) atoms. The molecule has 0 saturated carbocycles. The van der Waals surface area contributed by atoms with Gasteiger partial charge in [0, 0.05) is 4.70 Å². The van der Waals surface area contributed by atoms with Crippen LogP contribution in [0.25, 0.3) is 10.1 Å². The highest BCUT2D eigenvalue weighted by atomic mass is 32.1. The van der Waals surface area contributed by atoms with E-state index in [-0.39, 0.29) is 19.4 Å². The minimum absolute atomic E-state index is 0.0354. The average molecular weight is 488 g/mol. The molecule has 1 N–H and O–H groups in total. The van der Waals surface area contributed by atoms with Gasteiger partial charge in [-0.1, -0.05) is 36.9 Å². The quantitative estimate of drug-likeness (QED) is 0.215. The number of esters is 2. The smallest absolute Gasteiger partial charge is 0.348 e. The van der Waals surface area contributed by atoms with Gasteiger partial charge >= 0.3 is 19.5 Å². The first-order chi connectivity index (χ1) is 15.8. The normalized spacial score (nSPS) is 13.6. The van der Waals surface area contributed by atoms with Gasteiger partial charge in [-0.15, -0.1) is 11.3 Å². The number of hydrogen-bond acceptors (Lipinski definition) is 7. The third-order valence-electron chi connectivity index (χ3n) is 4.53. The van der Waals surface area contributed by atoms with E-state index in [1.54, 1.807) is 44.2 Å². The number of para-hydroxylation sites is 1. The van der Waals surface area contributed by atoms with Crippen LogP contribution in [0.1, 0.15) is 29.1 Å². The molecule has 0 bridgehead atoms. The van der Waals surface area contributed by atoms with Gasteiger partial charge in [-0.05, 0) is 55.1 Å². The van der Waals surface area contributed by atoms with Gasteiger partial charge in [0.15, 0.2) is 0 Å². The zero-order chi connectivity index (χ0) is 23.8. The van der Waals surface area contributed by atoms with Crippen molar-refractivity contribution in [2.45, 2.75) is 26.1 Å². The molecule has 1 aromatic heterocycles. The van der Waals surface area contributed by atoms with E-state index in [1.807, 2.05) is 24.3 Å². The molecule has 1 heterocycles. The second-order valence-corrected chi connectivity index (χ2v) is 10.4. The molecule has 0 radical (unpaired) electrons. The van der Waals surface area contributed by atoms with E-state index in [9.17, 15) is 14.2 Å². The Kier molecular flexibility index (Phi) is 8.44. The number of benzene rings is 2. The number of thiophene rings is 1. The Morgan fingerprint density at radius 1 is 1.15 bits per heavy atom. The highest BCUT2D eigenvalue weighted by Gasteiger charge is 2.31. The van der Waals surface area contributed by atoms with Gasteiger partial charge in [0.1, 0.15) is 23.3 Å². The summed E-state index contributed by atoms with van der Waals surface area (Å²) in [5.74, 6) is -0.501. The van der Waals surface area contributed by atoms with Crippen molar-refractivity contribution in [1.29, 1.82) is 0 Å². The number of hydrogen-bond donors (Lipinski definition) is 1. The van der Waals surface area contributed by atoms with Crippen molar-refractivity contribution >= 4 is 40.9 Å². The maximum Gasteiger partial charge on any atom is 0.348 e. The van der Waals surface area contributed by atoms with Gasteiger partial charge in [-0.25, -0.2) is 9.88 Å². The predicted molar refractivity (Wildman–Crippen MR) is 130 cm³/mol. The summed E-state index contributed by atoms with van der Waals surface area (Å²) in [5, 5.41) is 3.67. The van der Waals surface area contributed by atoms with Crippen molar-refractivity contribution in [3.8, 4) is 5.75 Å². The summed E-state index contributed by atoms with van der Waals surface area (Å²) in [4.78, 5) is 24.8. The molecular weight excluding hydrogens is 461 g/mol. The lowest BCUT2D eigenvalue weighted by molar-refractivity contribution is -0.144. The van der Waals surface area contributed by atoms with Crippen LogP contribution in [0.15, 0.2) is 67.3 Å². The van der Waals surface area contributed by atoms with E-state index < -0.39 is 25.5 Å². The minimum Gasteiger partial charge on any atom is -0.465 e. The summed E-state index contributed by atoms with van der Waals surface area (Å²) in [7, 11) is -3.55. The van der Waals surface area contributed by atoms with Gasteiger partial charge in [-0.3, -0.25) is 9.36 Å². The molecule has 2 unspecified atom stereocenters. The van der Waals surface area contributed by atoms with E-state index in [2.05, 4.69) is 11.7 Å². The highest BCUT2D eigenvalue weighted by molar-refractivity contribution is 7.56. The van der Waals surface area contributed by atoms with Crippen LogP contribution in [-0.4, -0.2) is 31.2 Å². The van der Waals surface area contributed by atoms with Crippen molar-refractivity contribution < 1.29 is 28.2 Å². The van der Waals surface area contributed by atoms with Crippen LogP contribution in [0.4, 0.5) is 0 Å². The number of ether oxygens (including phenoxy) is 2. The van der Waals surface area contributed by atoms with Crippen LogP contribution < -0.4 is 9.61 Å². The Hall–Kier alpha value is -2.93. The Morgan fingerprint density at radius 2 is 1.91 bits per heavy atom. The van der Waals surface area contributed by atoms with E-state index in [0.717, 1.165) is 15.6 Å². The molecule has 0 aliphatic heterocycles. The molecular formula is C24H26NO6PS.